The van der Waals surface area contributed by atoms with Gasteiger partial charge < -0.3 is 15.8 Å². The monoisotopic (exact) mass is 401 g/mol. The fraction of sp³-hybridized carbons (Fsp3) is 0.0556. The number of alkyl halides is 2. The summed E-state index contributed by atoms with van der Waals surface area (Å²) in [6, 6.07) is 11.3. The Bertz CT molecular complexity index is 1160. The molecule has 3 N–H and O–H groups in total. The van der Waals surface area contributed by atoms with Crippen LogP contribution in [0.2, 0.25) is 0 Å². The van der Waals surface area contributed by atoms with Crippen molar-refractivity contribution in [2.45, 2.75) is 6.61 Å². The van der Waals surface area contributed by atoms with E-state index in [4.69, 9.17) is 5.73 Å². The second-order valence-corrected chi connectivity index (χ2v) is 6.63. The summed E-state index contributed by atoms with van der Waals surface area (Å²) in [5.74, 6) is -0.350. The van der Waals surface area contributed by atoms with Gasteiger partial charge >= 0.3 is 6.61 Å². The third kappa shape index (κ3) is 3.62. The molecule has 3 aromatic heterocycles. The van der Waals surface area contributed by atoms with Crippen molar-refractivity contribution in [1.82, 2.24) is 14.6 Å². The maximum absolute atomic E-state index is 12.5. The summed E-state index contributed by atoms with van der Waals surface area (Å²) in [5, 5.41) is 8.48. The van der Waals surface area contributed by atoms with Gasteiger partial charge in [0.15, 0.2) is 5.65 Å². The number of hydrogen-bond donors (Lipinski definition) is 2. The van der Waals surface area contributed by atoms with E-state index in [9.17, 15) is 13.6 Å². The Labute approximate surface area is 161 Å². The van der Waals surface area contributed by atoms with Crippen molar-refractivity contribution in [3.05, 3.63) is 58.9 Å². The average molecular weight is 401 g/mol. The number of hydrogen-bond acceptors (Lipinski definition) is 6. The molecule has 0 atom stereocenters. The lowest BCUT2D eigenvalue weighted by atomic mass is 10.1. The van der Waals surface area contributed by atoms with E-state index < -0.39 is 12.5 Å². The highest BCUT2D eigenvalue weighted by Gasteiger charge is 2.15. The number of para-hydroxylation sites is 2. The van der Waals surface area contributed by atoms with Crippen molar-refractivity contribution in [3.63, 3.8) is 0 Å². The number of ether oxygens (including phenoxy) is 1. The summed E-state index contributed by atoms with van der Waals surface area (Å²) >= 11 is 1.23. The molecule has 0 aliphatic rings. The van der Waals surface area contributed by atoms with Crippen LogP contribution in [0.15, 0.2) is 54.0 Å². The zero-order valence-electron chi connectivity index (χ0n) is 14.2. The molecule has 0 unspecified atom stereocenters. The van der Waals surface area contributed by atoms with E-state index in [1.165, 1.54) is 23.5 Å². The Morgan fingerprint density at radius 3 is 2.86 bits per heavy atom. The van der Waals surface area contributed by atoms with Crippen LogP contribution in [0, 0.1) is 0 Å². The van der Waals surface area contributed by atoms with Gasteiger partial charge in [0.25, 0.3) is 5.91 Å². The van der Waals surface area contributed by atoms with Crippen LogP contribution in [0.1, 0.15) is 9.67 Å². The summed E-state index contributed by atoms with van der Waals surface area (Å²) in [6.07, 6.45) is 1.76. The molecule has 0 fully saturated rings. The van der Waals surface area contributed by atoms with Crippen LogP contribution in [0.3, 0.4) is 0 Å². The van der Waals surface area contributed by atoms with E-state index in [2.05, 4.69) is 20.1 Å². The zero-order chi connectivity index (χ0) is 19.7. The maximum Gasteiger partial charge on any atom is 0.387 e. The van der Waals surface area contributed by atoms with Gasteiger partial charge in [0.1, 0.15) is 5.75 Å². The van der Waals surface area contributed by atoms with Crippen LogP contribution in [0.5, 0.6) is 5.75 Å². The van der Waals surface area contributed by atoms with Crippen molar-refractivity contribution >= 4 is 34.5 Å². The third-order valence-electron chi connectivity index (χ3n) is 3.86. The first-order valence-electron chi connectivity index (χ1n) is 8.05. The van der Waals surface area contributed by atoms with Crippen molar-refractivity contribution in [1.29, 1.82) is 0 Å². The number of nitrogens with zero attached hydrogens (tertiary/aromatic N) is 3. The van der Waals surface area contributed by atoms with E-state index in [0.717, 1.165) is 11.1 Å². The van der Waals surface area contributed by atoms with Crippen molar-refractivity contribution < 1.29 is 18.3 Å². The summed E-state index contributed by atoms with van der Waals surface area (Å²) in [7, 11) is 0. The second-order valence-electron chi connectivity index (χ2n) is 5.72. The van der Waals surface area contributed by atoms with Gasteiger partial charge in [-0.25, -0.2) is 4.52 Å². The first kappa shape index (κ1) is 17.9. The first-order valence-corrected chi connectivity index (χ1v) is 8.93. The standard InChI is InChI=1S/C18H13F2N5O2S/c19-17(20)27-13-4-2-1-3-12(13)22-16(26)14-7-11(9-28-14)10-5-6-15-23-18(21)24-25(15)8-10/h1-9,17H,(H2,21,24)(H,22,26). The number of nitrogens with one attached hydrogen (secondary N) is 1. The van der Waals surface area contributed by atoms with Crippen LogP contribution in [0.25, 0.3) is 16.8 Å². The number of carbonyl (C=O) groups is 1. The minimum atomic E-state index is -2.98. The van der Waals surface area contributed by atoms with Crippen molar-refractivity contribution in [3.8, 4) is 16.9 Å². The molecular weight excluding hydrogens is 388 g/mol. The largest absolute Gasteiger partial charge is 0.433 e. The molecule has 1 aromatic carbocycles. The summed E-state index contributed by atoms with van der Waals surface area (Å²) in [6.45, 7) is -2.98. The van der Waals surface area contributed by atoms with E-state index in [-0.39, 0.29) is 17.4 Å². The number of nitrogen functional groups attached to an aromatic ring is 1. The Morgan fingerprint density at radius 1 is 1.21 bits per heavy atom. The maximum atomic E-state index is 12.5. The van der Waals surface area contributed by atoms with Crippen LogP contribution in [-0.2, 0) is 0 Å². The van der Waals surface area contributed by atoms with Crippen LogP contribution >= 0.6 is 11.3 Å². The summed E-state index contributed by atoms with van der Waals surface area (Å²) < 4.78 is 31.0. The number of aromatic nitrogens is 3. The Kier molecular flexibility index (Phi) is 4.62. The number of rotatable bonds is 5. The number of pyridine rings is 1. The van der Waals surface area contributed by atoms with E-state index in [1.54, 1.807) is 35.0 Å². The number of thiophene rings is 1. The molecule has 7 nitrogen and oxygen atoms in total. The van der Waals surface area contributed by atoms with Gasteiger partial charge in [0, 0.05) is 11.8 Å². The molecule has 0 aliphatic carbocycles. The molecule has 0 radical (unpaired) electrons. The number of fused-ring (bicyclic) bond motifs is 1. The molecule has 0 aliphatic heterocycles. The van der Waals surface area contributed by atoms with Gasteiger partial charge in [-0.05, 0) is 41.3 Å². The molecule has 3 heterocycles. The van der Waals surface area contributed by atoms with E-state index in [1.807, 2.05) is 11.4 Å². The lowest BCUT2D eigenvalue weighted by Gasteiger charge is -2.10. The third-order valence-corrected chi connectivity index (χ3v) is 4.78. The van der Waals surface area contributed by atoms with Crippen LogP contribution in [0.4, 0.5) is 20.4 Å². The SMILES string of the molecule is Nc1nc2ccc(-c3csc(C(=O)Nc4ccccc4OC(F)F)c3)cn2n1. The zero-order valence-corrected chi connectivity index (χ0v) is 15.0. The van der Waals surface area contributed by atoms with Crippen molar-refractivity contribution in [2.24, 2.45) is 0 Å². The highest BCUT2D eigenvalue weighted by molar-refractivity contribution is 7.12. The molecule has 1 amide bonds. The number of carbonyl (C=O) groups excluding carboxylic acids is 1. The number of halogens is 2. The Hall–Kier alpha value is -3.53. The van der Waals surface area contributed by atoms with Gasteiger partial charge in [-0.3, -0.25) is 4.79 Å². The van der Waals surface area contributed by atoms with Crippen LogP contribution in [-0.4, -0.2) is 27.1 Å². The van der Waals surface area contributed by atoms with E-state index >= 15 is 0 Å². The Balaban J connectivity index is 1.56. The molecule has 0 saturated carbocycles. The lowest BCUT2D eigenvalue weighted by molar-refractivity contribution is -0.0493. The number of benzene rings is 1. The fourth-order valence-corrected chi connectivity index (χ4v) is 3.44. The molecule has 0 bridgehead atoms. The Morgan fingerprint density at radius 2 is 2.04 bits per heavy atom. The van der Waals surface area contributed by atoms with Gasteiger partial charge in [-0.15, -0.1) is 16.4 Å². The van der Waals surface area contributed by atoms with Crippen LogP contribution < -0.4 is 15.8 Å². The predicted molar refractivity (Wildman–Crippen MR) is 102 cm³/mol. The van der Waals surface area contributed by atoms with Gasteiger partial charge in [0.05, 0.1) is 10.6 Å². The summed E-state index contributed by atoms with van der Waals surface area (Å²) in [4.78, 5) is 17.0. The van der Waals surface area contributed by atoms with Gasteiger partial charge in [-0.2, -0.15) is 13.8 Å². The topological polar surface area (TPSA) is 94.5 Å². The molecule has 10 heteroatoms. The summed E-state index contributed by atoms with van der Waals surface area (Å²) in [5.41, 5.74) is 8.01. The molecule has 0 spiro atoms. The lowest BCUT2D eigenvalue weighted by Crippen LogP contribution is -2.12. The predicted octanol–water partition coefficient (Wildman–Crippen LogP) is 3.89. The fourth-order valence-electron chi connectivity index (χ4n) is 2.63. The van der Waals surface area contributed by atoms with Gasteiger partial charge in [0.2, 0.25) is 5.95 Å². The first-order chi connectivity index (χ1) is 13.5. The average Bonchev–Trinajstić information content (AvgIpc) is 3.28. The number of anilines is 2. The van der Waals surface area contributed by atoms with Crippen molar-refractivity contribution in [2.75, 3.05) is 11.1 Å². The van der Waals surface area contributed by atoms with E-state index in [0.29, 0.717) is 10.5 Å². The smallest absolute Gasteiger partial charge is 0.387 e. The van der Waals surface area contributed by atoms with Gasteiger partial charge in [-0.1, -0.05) is 12.1 Å². The highest BCUT2D eigenvalue weighted by atomic mass is 32.1. The molecule has 28 heavy (non-hydrogen) atoms. The minimum absolute atomic E-state index is 0.100. The molecule has 4 rings (SSSR count). The minimum Gasteiger partial charge on any atom is -0.433 e. The quantitative estimate of drug-likeness (QED) is 0.529. The molecule has 4 aromatic rings. The number of amides is 1. The number of nitrogens with two attached hydrogens (primary N) is 1. The second kappa shape index (κ2) is 7.24. The normalized spacial score (nSPS) is 11.1. The highest BCUT2D eigenvalue weighted by Crippen LogP contribution is 2.29. The molecule has 0 saturated heterocycles. The molecule has 142 valence electrons. The molecular formula is C18H13F2N5O2S.